The van der Waals surface area contributed by atoms with E-state index < -0.39 is 0 Å². The summed E-state index contributed by atoms with van der Waals surface area (Å²) in [5.74, 6) is 0. The minimum absolute atomic E-state index is 0.104. The van der Waals surface area contributed by atoms with E-state index in [0.717, 1.165) is 4.91 Å². The van der Waals surface area contributed by atoms with Crippen LogP contribution in [0.3, 0.4) is 0 Å². The second kappa shape index (κ2) is 3.74. The molecule has 0 bridgehead atoms. The molecule has 1 rings (SSSR count). The lowest BCUT2D eigenvalue weighted by molar-refractivity contribution is -0.106. The molecule has 0 saturated heterocycles. The van der Waals surface area contributed by atoms with Gasteiger partial charge >= 0.3 is 0 Å². The molecule has 0 aliphatic carbocycles. The van der Waals surface area contributed by atoms with Crippen LogP contribution in [0.5, 0.6) is 0 Å². The summed E-state index contributed by atoms with van der Waals surface area (Å²) in [6, 6.07) is 0. The van der Waals surface area contributed by atoms with Gasteiger partial charge in [0.05, 0.1) is 3.74 Å². The first-order valence-electron chi connectivity index (χ1n) is 2.58. The highest BCUT2D eigenvalue weighted by atomic mass is 79.9. The van der Waals surface area contributed by atoms with Crippen molar-refractivity contribution < 1.29 is 4.79 Å². The molecule has 0 amide bonds. The topological polar surface area (TPSA) is 17.1 Å². The van der Waals surface area contributed by atoms with E-state index in [1.807, 2.05) is 12.2 Å². The van der Waals surface area contributed by atoms with Crippen molar-refractivity contribution in [3.63, 3.8) is 0 Å². The Kier molecular flexibility index (Phi) is 3.20. The van der Waals surface area contributed by atoms with Crippen molar-refractivity contribution in [2.75, 3.05) is 0 Å². The van der Waals surface area contributed by atoms with Gasteiger partial charge in [-0.3, -0.25) is 4.79 Å². The molecule has 0 aromatic carbocycles. The molecule has 1 nitrogen and oxygen atoms in total. The Bertz CT molecular complexity index is 208. The maximum absolute atomic E-state index is 10.6. The van der Waals surface area contributed by atoms with E-state index in [1.165, 1.54) is 11.8 Å². The van der Waals surface area contributed by atoms with Crippen molar-refractivity contribution in [2.45, 2.75) is 3.74 Å². The molecule has 0 atom stereocenters. The van der Waals surface area contributed by atoms with Gasteiger partial charge in [0, 0.05) is 4.91 Å². The van der Waals surface area contributed by atoms with Gasteiger partial charge in [-0.2, -0.15) is 0 Å². The first kappa shape index (κ1) is 8.56. The summed E-state index contributed by atoms with van der Waals surface area (Å²) < 4.78 is 0.151. The largest absolute Gasteiger partial charge is 0.282 e. The zero-order chi connectivity index (χ0) is 7.56. The van der Waals surface area contributed by atoms with E-state index in [1.54, 1.807) is 6.08 Å². The summed E-state index contributed by atoms with van der Waals surface area (Å²) in [5.41, 5.74) is 0. The Morgan fingerprint density at radius 2 is 2.20 bits per heavy atom. The van der Waals surface area contributed by atoms with Gasteiger partial charge in [0.1, 0.15) is 0 Å². The molecular formula is C6H4Br2OS. The van der Waals surface area contributed by atoms with Crippen LogP contribution >= 0.6 is 43.6 Å². The number of carbonyl (C=O) groups excluding carboxylic acids is 1. The molecule has 0 radical (unpaired) electrons. The van der Waals surface area contributed by atoms with Crippen LogP contribution in [0.15, 0.2) is 23.1 Å². The van der Waals surface area contributed by atoms with E-state index in [-0.39, 0.29) is 8.85 Å². The molecule has 1 aliphatic rings. The molecule has 54 valence electrons. The highest BCUT2D eigenvalue weighted by molar-refractivity contribution is 9.24. The van der Waals surface area contributed by atoms with E-state index in [0.29, 0.717) is 0 Å². The van der Waals surface area contributed by atoms with E-state index in [4.69, 9.17) is 0 Å². The normalized spacial score (nSPS) is 21.5. The van der Waals surface area contributed by atoms with Gasteiger partial charge < -0.3 is 0 Å². The average molecular weight is 284 g/mol. The fraction of sp³-hybridized carbons (Fsp3) is 0.167. The van der Waals surface area contributed by atoms with Crippen LogP contribution in [0.25, 0.3) is 0 Å². The van der Waals surface area contributed by atoms with Gasteiger partial charge in [0.25, 0.3) is 0 Å². The van der Waals surface area contributed by atoms with Gasteiger partial charge in [0.15, 0.2) is 0 Å². The highest BCUT2D eigenvalue weighted by Gasteiger charge is 2.09. The summed E-state index contributed by atoms with van der Waals surface area (Å²) in [6.07, 6.45) is 5.30. The Morgan fingerprint density at radius 1 is 1.50 bits per heavy atom. The summed E-state index contributed by atoms with van der Waals surface area (Å²) in [4.78, 5) is 11.6. The van der Waals surface area contributed by atoms with Gasteiger partial charge in [-0.15, -0.1) is 0 Å². The summed E-state index contributed by atoms with van der Waals surface area (Å²) in [7, 11) is 0. The number of hydrogen-bond acceptors (Lipinski definition) is 2. The fourth-order valence-corrected chi connectivity index (χ4v) is 2.18. The molecule has 1 aliphatic heterocycles. The number of hydrogen-bond donors (Lipinski definition) is 0. The number of rotatable bonds is 1. The second-order valence-electron chi connectivity index (χ2n) is 1.66. The van der Waals surface area contributed by atoms with Crippen molar-refractivity contribution in [1.29, 1.82) is 0 Å². The molecule has 0 spiro atoms. The summed E-state index contributed by atoms with van der Waals surface area (Å²) in [5, 5.41) is 0.104. The minimum atomic E-state index is 0.104. The monoisotopic (exact) mass is 282 g/mol. The number of carbonyl (C=O) groups is 1. The maximum Gasteiger partial charge on any atom is 0.216 e. The predicted molar refractivity (Wildman–Crippen MR) is 51.5 cm³/mol. The molecule has 0 saturated carbocycles. The van der Waals surface area contributed by atoms with Crippen molar-refractivity contribution in [3.05, 3.63) is 23.1 Å². The number of alkyl halides is 2. The first-order chi connectivity index (χ1) is 4.68. The minimum Gasteiger partial charge on any atom is -0.282 e. The Hall–Kier alpha value is 0.460. The van der Waals surface area contributed by atoms with Gasteiger partial charge in [-0.25, -0.2) is 0 Å². The van der Waals surface area contributed by atoms with Crippen LogP contribution in [0.4, 0.5) is 0 Å². The number of allylic oxidation sites excluding steroid dienone is 2. The SMILES string of the molecule is O=C1C=C/C(=C\C(Br)Br)S1. The number of thioether (sulfide) groups is 1. The molecule has 1 heterocycles. The van der Waals surface area contributed by atoms with Crippen LogP contribution in [-0.4, -0.2) is 8.85 Å². The van der Waals surface area contributed by atoms with Crippen molar-refractivity contribution in [2.24, 2.45) is 0 Å². The molecule has 0 N–H and O–H groups in total. The third-order valence-electron chi connectivity index (χ3n) is 0.892. The average Bonchev–Trinajstić information content (AvgIpc) is 2.13. The first-order valence-corrected chi connectivity index (χ1v) is 5.23. The van der Waals surface area contributed by atoms with E-state index in [2.05, 4.69) is 31.9 Å². The molecule has 0 aromatic rings. The summed E-state index contributed by atoms with van der Waals surface area (Å²) >= 11 is 7.82. The second-order valence-corrected chi connectivity index (χ2v) is 5.94. The van der Waals surface area contributed by atoms with Gasteiger partial charge in [-0.05, 0) is 30.0 Å². The van der Waals surface area contributed by atoms with Crippen molar-refractivity contribution >= 4 is 48.7 Å². The van der Waals surface area contributed by atoms with E-state index in [9.17, 15) is 4.79 Å². The van der Waals surface area contributed by atoms with Crippen molar-refractivity contribution in [3.8, 4) is 0 Å². The number of halogens is 2. The molecular weight excluding hydrogens is 280 g/mol. The van der Waals surface area contributed by atoms with Crippen LogP contribution in [-0.2, 0) is 4.79 Å². The smallest absolute Gasteiger partial charge is 0.216 e. The highest BCUT2D eigenvalue weighted by Crippen LogP contribution is 2.27. The third-order valence-corrected chi connectivity index (χ3v) is 2.27. The fourth-order valence-electron chi connectivity index (χ4n) is 0.548. The lowest BCUT2D eigenvalue weighted by Gasteiger charge is -1.92. The molecule has 10 heavy (non-hydrogen) atoms. The van der Waals surface area contributed by atoms with Gasteiger partial charge in [-0.1, -0.05) is 31.9 Å². The molecule has 4 heteroatoms. The lowest BCUT2D eigenvalue weighted by Crippen LogP contribution is -1.78. The van der Waals surface area contributed by atoms with E-state index >= 15 is 0 Å². The van der Waals surface area contributed by atoms with Crippen LogP contribution in [0, 0.1) is 0 Å². The van der Waals surface area contributed by atoms with Crippen molar-refractivity contribution in [1.82, 2.24) is 0 Å². The Labute approximate surface area is 80.2 Å². The molecule has 0 fully saturated rings. The maximum atomic E-state index is 10.6. The molecule has 0 unspecified atom stereocenters. The lowest BCUT2D eigenvalue weighted by atomic mass is 10.4. The standard InChI is InChI=1S/C6H4Br2OS/c7-5(8)3-4-1-2-6(9)10-4/h1-3,5H/b4-3+. The predicted octanol–water partition coefficient (Wildman–Crippen LogP) is 2.82. The third kappa shape index (κ3) is 2.60. The molecule has 0 aromatic heterocycles. The zero-order valence-corrected chi connectivity index (χ0v) is 8.87. The zero-order valence-electron chi connectivity index (χ0n) is 4.88. The van der Waals surface area contributed by atoms with Crippen LogP contribution in [0.1, 0.15) is 0 Å². The summed E-state index contributed by atoms with van der Waals surface area (Å²) in [6.45, 7) is 0. The van der Waals surface area contributed by atoms with Crippen LogP contribution in [0.2, 0.25) is 0 Å². The quantitative estimate of drug-likeness (QED) is 0.689. The van der Waals surface area contributed by atoms with Gasteiger partial charge in [0.2, 0.25) is 5.12 Å². The Morgan fingerprint density at radius 3 is 2.60 bits per heavy atom. The Balaban J connectivity index is 2.62. The van der Waals surface area contributed by atoms with Crippen LogP contribution < -0.4 is 0 Å².